The predicted molar refractivity (Wildman–Crippen MR) is 122 cm³/mol. The van der Waals surface area contributed by atoms with Crippen LogP contribution >= 0.6 is 11.8 Å². The van der Waals surface area contributed by atoms with Crippen molar-refractivity contribution in [3.63, 3.8) is 0 Å². The Balaban J connectivity index is 1.65. The van der Waals surface area contributed by atoms with E-state index in [0.29, 0.717) is 24.5 Å². The number of rotatable bonds is 7. The Bertz CT molecular complexity index is 872. The number of nitrogens with one attached hydrogen (secondary N) is 2. The first-order valence-electron chi connectivity index (χ1n) is 10.3. The summed E-state index contributed by atoms with van der Waals surface area (Å²) in [6, 6.07) is 17.0. The molecule has 2 amide bonds. The zero-order chi connectivity index (χ0) is 21.6. The van der Waals surface area contributed by atoms with Crippen LogP contribution in [0.4, 0.5) is 5.69 Å². The molecule has 2 aromatic carbocycles. The first-order valence-corrected chi connectivity index (χ1v) is 11.3. The van der Waals surface area contributed by atoms with Crippen molar-refractivity contribution in [3.8, 4) is 0 Å². The van der Waals surface area contributed by atoms with Crippen molar-refractivity contribution in [1.82, 2.24) is 5.32 Å². The van der Waals surface area contributed by atoms with Crippen LogP contribution in [0, 0.1) is 5.41 Å². The van der Waals surface area contributed by atoms with Gasteiger partial charge in [-0.3, -0.25) is 9.59 Å². The average Bonchev–Trinajstić information content (AvgIpc) is 3.20. The maximum atomic E-state index is 12.5. The summed E-state index contributed by atoms with van der Waals surface area (Å²) in [4.78, 5) is 25.9. The van der Waals surface area contributed by atoms with Gasteiger partial charge in [0.2, 0.25) is 5.91 Å². The number of para-hydroxylation sites is 1. The average molecular weight is 427 g/mol. The van der Waals surface area contributed by atoms with Gasteiger partial charge in [-0.25, -0.2) is 0 Å². The van der Waals surface area contributed by atoms with Crippen molar-refractivity contribution < 1.29 is 14.3 Å². The van der Waals surface area contributed by atoms with E-state index in [9.17, 15) is 9.59 Å². The number of thioether (sulfide) groups is 1. The van der Waals surface area contributed by atoms with Crippen molar-refractivity contribution in [2.45, 2.75) is 44.1 Å². The molecule has 1 aliphatic rings. The normalized spacial score (nSPS) is 18.8. The number of ether oxygens (including phenoxy) is 1. The smallest absolute Gasteiger partial charge is 0.251 e. The van der Waals surface area contributed by atoms with Crippen LogP contribution in [0.25, 0.3) is 0 Å². The van der Waals surface area contributed by atoms with Crippen molar-refractivity contribution in [2.75, 3.05) is 24.2 Å². The molecular weight excluding hydrogens is 396 g/mol. The maximum absolute atomic E-state index is 12.5. The summed E-state index contributed by atoms with van der Waals surface area (Å²) in [7, 11) is 0. The van der Waals surface area contributed by atoms with Crippen molar-refractivity contribution in [1.29, 1.82) is 0 Å². The van der Waals surface area contributed by atoms with Gasteiger partial charge in [0.15, 0.2) is 0 Å². The van der Waals surface area contributed by atoms with E-state index in [1.807, 2.05) is 63.2 Å². The van der Waals surface area contributed by atoms with E-state index >= 15 is 0 Å². The standard InChI is InChI=1S/C24H30N2O3S/c1-23(2,3)22(28)26-19-12-7-8-13-20(19)30-17-24(14-9-15-29-24)16-25-21(27)18-10-5-4-6-11-18/h4-8,10-13H,9,14-17H2,1-3H3,(H,25,27)(H,26,28). The summed E-state index contributed by atoms with van der Waals surface area (Å²) in [5.74, 6) is 0.593. The van der Waals surface area contributed by atoms with E-state index in [2.05, 4.69) is 10.6 Å². The summed E-state index contributed by atoms with van der Waals surface area (Å²) in [5, 5.41) is 6.08. The zero-order valence-corrected chi connectivity index (χ0v) is 18.7. The first kappa shape index (κ1) is 22.4. The Hall–Kier alpha value is -2.31. The molecule has 1 atom stereocenters. The molecule has 30 heavy (non-hydrogen) atoms. The molecular formula is C24H30N2O3S. The van der Waals surface area contributed by atoms with E-state index in [0.717, 1.165) is 23.4 Å². The molecule has 5 nitrogen and oxygen atoms in total. The summed E-state index contributed by atoms with van der Waals surface area (Å²) >= 11 is 1.65. The lowest BCUT2D eigenvalue weighted by atomic mass is 9.95. The highest BCUT2D eigenvalue weighted by Gasteiger charge is 2.36. The Morgan fingerprint density at radius 3 is 2.43 bits per heavy atom. The van der Waals surface area contributed by atoms with Crippen LogP contribution in [0.5, 0.6) is 0 Å². The van der Waals surface area contributed by atoms with Gasteiger partial charge in [0.25, 0.3) is 5.91 Å². The third-order valence-electron chi connectivity index (χ3n) is 5.10. The quantitative estimate of drug-likeness (QED) is 0.628. The van der Waals surface area contributed by atoms with Crippen molar-refractivity contribution in [2.24, 2.45) is 5.41 Å². The molecule has 1 fully saturated rings. The highest BCUT2D eigenvalue weighted by atomic mass is 32.2. The van der Waals surface area contributed by atoms with E-state index in [1.165, 1.54) is 0 Å². The van der Waals surface area contributed by atoms with E-state index in [1.54, 1.807) is 23.9 Å². The monoisotopic (exact) mass is 426 g/mol. The molecule has 2 N–H and O–H groups in total. The van der Waals surface area contributed by atoms with Crippen molar-refractivity contribution in [3.05, 3.63) is 60.2 Å². The molecule has 1 unspecified atom stereocenters. The zero-order valence-electron chi connectivity index (χ0n) is 17.9. The minimum Gasteiger partial charge on any atom is -0.372 e. The molecule has 3 rings (SSSR count). The number of carbonyl (C=O) groups is 2. The van der Waals surface area contributed by atoms with E-state index in [4.69, 9.17) is 4.74 Å². The summed E-state index contributed by atoms with van der Waals surface area (Å²) in [6.07, 6.45) is 1.87. The van der Waals surface area contributed by atoms with Gasteiger partial charge in [0.1, 0.15) is 0 Å². The van der Waals surface area contributed by atoms with Gasteiger partial charge in [0.05, 0.1) is 11.3 Å². The molecule has 0 saturated carbocycles. The number of hydrogen-bond donors (Lipinski definition) is 2. The molecule has 160 valence electrons. The fourth-order valence-corrected chi connectivity index (χ4v) is 4.40. The van der Waals surface area contributed by atoms with E-state index in [-0.39, 0.29) is 11.8 Å². The Morgan fingerprint density at radius 1 is 1.07 bits per heavy atom. The second-order valence-electron chi connectivity index (χ2n) is 8.67. The topological polar surface area (TPSA) is 67.4 Å². The number of amides is 2. The first-order chi connectivity index (χ1) is 14.3. The molecule has 2 aromatic rings. The van der Waals surface area contributed by atoms with E-state index < -0.39 is 11.0 Å². The minimum absolute atomic E-state index is 0.0162. The Morgan fingerprint density at radius 2 is 1.77 bits per heavy atom. The van der Waals surface area contributed by atoms with Crippen LogP contribution in [-0.4, -0.2) is 36.3 Å². The second kappa shape index (κ2) is 9.67. The van der Waals surface area contributed by atoms with Crippen LogP contribution in [0.15, 0.2) is 59.5 Å². The third kappa shape index (κ3) is 5.86. The van der Waals surface area contributed by atoms with Crippen LogP contribution in [-0.2, 0) is 9.53 Å². The van der Waals surface area contributed by atoms with Gasteiger partial charge >= 0.3 is 0 Å². The fraction of sp³-hybridized carbons (Fsp3) is 0.417. The highest BCUT2D eigenvalue weighted by molar-refractivity contribution is 7.99. The molecule has 1 aliphatic heterocycles. The third-order valence-corrected chi connectivity index (χ3v) is 6.44. The van der Waals surface area contributed by atoms with Crippen molar-refractivity contribution >= 4 is 29.3 Å². The van der Waals surface area contributed by atoms with Gasteiger partial charge in [-0.05, 0) is 37.1 Å². The molecule has 0 spiro atoms. The molecule has 1 saturated heterocycles. The van der Waals surface area contributed by atoms with Crippen LogP contribution in [0.1, 0.15) is 44.0 Å². The molecule has 0 aromatic heterocycles. The molecule has 0 aliphatic carbocycles. The van der Waals surface area contributed by atoms with Crippen LogP contribution in [0.2, 0.25) is 0 Å². The van der Waals surface area contributed by atoms with Gasteiger partial charge in [-0.1, -0.05) is 51.1 Å². The predicted octanol–water partition coefficient (Wildman–Crippen LogP) is 4.74. The molecule has 0 bridgehead atoms. The SMILES string of the molecule is CC(C)(C)C(=O)Nc1ccccc1SCC1(CNC(=O)c2ccccc2)CCCO1. The second-order valence-corrected chi connectivity index (χ2v) is 9.69. The summed E-state index contributed by atoms with van der Waals surface area (Å²) in [5.41, 5.74) is 0.586. The highest BCUT2D eigenvalue weighted by Crippen LogP contribution is 2.35. The summed E-state index contributed by atoms with van der Waals surface area (Å²) < 4.78 is 6.10. The van der Waals surface area contributed by atoms with Crippen LogP contribution in [0.3, 0.4) is 0 Å². The number of benzene rings is 2. The maximum Gasteiger partial charge on any atom is 0.251 e. The van der Waals surface area contributed by atoms with Gasteiger partial charge in [-0.2, -0.15) is 0 Å². The number of anilines is 1. The van der Waals surface area contributed by atoms with Gasteiger partial charge in [-0.15, -0.1) is 11.8 Å². The lowest BCUT2D eigenvalue weighted by Crippen LogP contribution is -2.44. The summed E-state index contributed by atoms with van der Waals surface area (Å²) in [6.45, 7) is 6.85. The fourth-order valence-electron chi connectivity index (χ4n) is 3.21. The molecule has 0 radical (unpaired) electrons. The largest absolute Gasteiger partial charge is 0.372 e. The Labute approximate surface area is 183 Å². The number of carbonyl (C=O) groups excluding carboxylic acids is 2. The minimum atomic E-state index is -0.463. The van der Waals surface area contributed by atoms with Gasteiger partial charge in [0, 0.05) is 34.8 Å². The molecule has 1 heterocycles. The lowest BCUT2D eigenvalue weighted by Gasteiger charge is -2.29. The molecule has 6 heteroatoms. The Kier molecular flexibility index (Phi) is 7.21. The number of hydrogen-bond acceptors (Lipinski definition) is 4. The van der Waals surface area contributed by atoms with Gasteiger partial charge < -0.3 is 15.4 Å². The van der Waals surface area contributed by atoms with Crippen LogP contribution < -0.4 is 10.6 Å². The lowest BCUT2D eigenvalue weighted by molar-refractivity contribution is -0.123.